The summed E-state index contributed by atoms with van der Waals surface area (Å²) in [6, 6.07) is 7.55. The number of carbonyl (C=O) groups excluding carboxylic acids is 1. The summed E-state index contributed by atoms with van der Waals surface area (Å²) in [4.78, 5) is 23.7. The Morgan fingerprint density at radius 1 is 1.19 bits per heavy atom. The molecule has 0 bridgehead atoms. The van der Waals surface area contributed by atoms with Crippen LogP contribution in [0.25, 0.3) is 10.9 Å². The van der Waals surface area contributed by atoms with Gasteiger partial charge >= 0.3 is 0 Å². The summed E-state index contributed by atoms with van der Waals surface area (Å²) in [7, 11) is 0. The Labute approximate surface area is 122 Å². The smallest absolute Gasteiger partial charge is 0.251 e. The zero-order chi connectivity index (χ0) is 14.8. The Hall–Kier alpha value is -2.69. The molecule has 106 valence electrons. The van der Waals surface area contributed by atoms with Gasteiger partial charge in [0.2, 0.25) is 0 Å². The monoisotopic (exact) mass is 280 g/mol. The SMILES string of the molecule is Cc1ncnc(C)c1CNC(=O)c1ccc2[nH]ccc2c1. The van der Waals surface area contributed by atoms with E-state index in [0.29, 0.717) is 12.1 Å². The predicted octanol–water partition coefficient (Wildman–Crippen LogP) is 2.50. The fourth-order valence-electron chi connectivity index (χ4n) is 2.34. The van der Waals surface area contributed by atoms with Crippen LogP contribution in [0.4, 0.5) is 0 Å². The average Bonchev–Trinajstić information content (AvgIpc) is 2.93. The average molecular weight is 280 g/mol. The van der Waals surface area contributed by atoms with E-state index in [-0.39, 0.29) is 5.91 Å². The number of aromatic nitrogens is 3. The first kappa shape index (κ1) is 13.3. The van der Waals surface area contributed by atoms with Crippen molar-refractivity contribution in [2.24, 2.45) is 0 Å². The topological polar surface area (TPSA) is 70.7 Å². The van der Waals surface area contributed by atoms with Crippen LogP contribution in [0.5, 0.6) is 0 Å². The number of aromatic amines is 1. The molecule has 1 aromatic carbocycles. The second kappa shape index (κ2) is 5.36. The van der Waals surface area contributed by atoms with Crippen molar-refractivity contribution in [3.05, 3.63) is 59.3 Å². The number of benzene rings is 1. The molecule has 2 heterocycles. The minimum absolute atomic E-state index is 0.0965. The minimum Gasteiger partial charge on any atom is -0.361 e. The van der Waals surface area contributed by atoms with Crippen LogP contribution in [0.1, 0.15) is 27.3 Å². The summed E-state index contributed by atoms with van der Waals surface area (Å²) in [6.07, 6.45) is 3.40. The molecule has 0 radical (unpaired) electrons. The van der Waals surface area contributed by atoms with Crippen molar-refractivity contribution in [2.75, 3.05) is 0 Å². The highest BCUT2D eigenvalue weighted by atomic mass is 16.1. The molecule has 1 amide bonds. The zero-order valence-corrected chi connectivity index (χ0v) is 12.0. The molecule has 21 heavy (non-hydrogen) atoms. The third-order valence-corrected chi connectivity index (χ3v) is 3.62. The summed E-state index contributed by atoms with van der Waals surface area (Å²) in [5.41, 5.74) is 4.42. The number of nitrogens with one attached hydrogen (secondary N) is 2. The van der Waals surface area contributed by atoms with Gasteiger partial charge in [-0.05, 0) is 38.1 Å². The normalized spacial score (nSPS) is 10.8. The number of hydrogen-bond donors (Lipinski definition) is 2. The molecule has 3 aromatic rings. The van der Waals surface area contributed by atoms with E-state index in [1.807, 2.05) is 44.3 Å². The van der Waals surface area contributed by atoms with E-state index in [0.717, 1.165) is 27.9 Å². The largest absolute Gasteiger partial charge is 0.361 e. The lowest BCUT2D eigenvalue weighted by Crippen LogP contribution is -2.24. The summed E-state index contributed by atoms with van der Waals surface area (Å²) in [6.45, 7) is 4.27. The number of nitrogens with zero attached hydrogens (tertiary/aromatic N) is 2. The Morgan fingerprint density at radius 2 is 1.95 bits per heavy atom. The van der Waals surface area contributed by atoms with Crippen molar-refractivity contribution < 1.29 is 4.79 Å². The van der Waals surface area contributed by atoms with Crippen LogP contribution in [0.15, 0.2) is 36.8 Å². The van der Waals surface area contributed by atoms with Gasteiger partial charge in [-0.3, -0.25) is 4.79 Å². The third-order valence-electron chi connectivity index (χ3n) is 3.62. The highest BCUT2D eigenvalue weighted by molar-refractivity contribution is 5.98. The highest BCUT2D eigenvalue weighted by Gasteiger charge is 2.09. The van der Waals surface area contributed by atoms with Gasteiger partial charge in [0.1, 0.15) is 6.33 Å². The summed E-state index contributed by atoms with van der Waals surface area (Å²) < 4.78 is 0. The Balaban J connectivity index is 1.77. The molecule has 0 saturated carbocycles. The van der Waals surface area contributed by atoms with Crippen molar-refractivity contribution in [2.45, 2.75) is 20.4 Å². The summed E-state index contributed by atoms with van der Waals surface area (Å²) >= 11 is 0. The third kappa shape index (κ3) is 2.63. The van der Waals surface area contributed by atoms with Crippen LogP contribution in [-0.4, -0.2) is 20.9 Å². The van der Waals surface area contributed by atoms with Crippen LogP contribution < -0.4 is 5.32 Å². The lowest BCUT2D eigenvalue weighted by Gasteiger charge is -2.09. The first-order valence-electron chi connectivity index (χ1n) is 6.77. The van der Waals surface area contributed by atoms with E-state index in [9.17, 15) is 4.79 Å². The van der Waals surface area contributed by atoms with Crippen molar-refractivity contribution in [1.29, 1.82) is 0 Å². The number of H-pyrrole nitrogens is 1. The molecule has 0 atom stereocenters. The standard InChI is InChI=1S/C16H16N4O/c1-10-14(11(2)20-9-19-10)8-18-16(21)13-3-4-15-12(7-13)5-6-17-15/h3-7,9,17H,8H2,1-2H3,(H,18,21). The molecular weight excluding hydrogens is 264 g/mol. The molecule has 2 N–H and O–H groups in total. The number of amides is 1. The van der Waals surface area contributed by atoms with E-state index in [2.05, 4.69) is 20.3 Å². The maximum absolute atomic E-state index is 12.2. The van der Waals surface area contributed by atoms with Crippen molar-refractivity contribution in [1.82, 2.24) is 20.3 Å². The molecule has 5 heteroatoms. The lowest BCUT2D eigenvalue weighted by molar-refractivity contribution is 0.0951. The van der Waals surface area contributed by atoms with Gasteiger partial charge in [-0.15, -0.1) is 0 Å². The number of fused-ring (bicyclic) bond motifs is 1. The summed E-state index contributed by atoms with van der Waals surface area (Å²) in [5, 5.41) is 3.95. The van der Waals surface area contributed by atoms with Gasteiger partial charge in [0.25, 0.3) is 5.91 Å². The van der Waals surface area contributed by atoms with Crippen molar-refractivity contribution in [3.8, 4) is 0 Å². The number of carbonyl (C=O) groups is 1. The quantitative estimate of drug-likeness (QED) is 0.774. The zero-order valence-electron chi connectivity index (χ0n) is 12.0. The summed E-state index contributed by atoms with van der Waals surface area (Å²) in [5.74, 6) is -0.0965. The van der Waals surface area contributed by atoms with Gasteiger partial charge in [0.05, 0.1) is 0 Å². The maximum Gasteiger partial charge on any atom is 0.251 e. The number of rotatable bonds is 3. The first-order chi connectivity index (χ1) is 10.1. The minimum atomic E-state index is -0.0965. The molecular formula is C16H16N4O. The molecule has 0 aliphatic carbocycles. The fourth-order valence-corrected chi connectivity index (χ4v) is 2.34. The molecule has 0 aliphatic heterocycles. The molecule has 0 aliphatic rings. The molecule has 0 saturated heterocycles. The Bertz CT molecular complexity index is 787. The van der Waals surface area contributed by atoms with E-state index < -0.39 is 0 Å². The Kier molecular flexibility index (Phi) is 3.39. The maximum atomic E-state index is 12.2. The van der Waals surface area contributed by atoms with Gasteiger partial charge < -0.3 is 10.3 Å². The van der Waals surface area contributed by atoms with Gasteiger partial charge in [-0.25, -0.2) is 9.97 Å². The molecule has 0 unspecified atom stereocenters. The molecule has 2 aromatic heterocycles. The second-order valence-electron chi connectivity index (χ2n) is 4.99. The van der Waals surface area contributed by atoms with Crippen LogP contribution in [0, 0.1) is 13.8 Å². The lowest BCUT2D eigenvalue weighted by atomic mass is 10.1. The van der Waals surface area contributed by atoms with Gasteiger partial charge in [-0.1, -0.05) is 0 Å². The Morgan fingerprint density at radius 3 is 2.71 bits per heavy atom. The van der Waals surface area contributed by atoms with E-state index >= 15 is 0 Å². The van der Waals surface area contributed by atoms with Gasteiger partial charge in [0, 0.05) is 46.2 Å². The second-order valence-corrected chi connectivity index (χ2v) is 4.99. The molecule has 0 fully saturated rings. The molecule has 5 nitrogen and oxygen atoms in total. The van der Waals surface area contributed by atoms with E-state index in [1.54, 1.807) is 0 Å². The fraction of sp³-hybridized carbons (Fsp3) is 0.188. The van der Waals surface area contributed by atoms with Crippen molar-refractivity contribution in [3.63, 3.8) is 0 Å². The van der Waals surface area contributed by atoms with Crippen LogP contribution in [-0.2, 0) is 6.54 Å². The van der Waals surface area contributed by atoms with Crippen molar-refractivity contribution >= 4 is 16.8 Å². The number of hydrogen-bond acceptors (Lipinski definition) is 3. The molecule has 3 rings (SSSR count). The van der Waals surface area contributed by atoms with Crippen LogP contribution in [0.3, 0.4) is 0 Å². The predicted molar refractivity (Wildman–Crippen MR) is 81.0 cm³/mol. The van der Waals surface area contributed by atoms with Gasteiger partial charge in [-0.2, -0.15) is 0 Å². The highest BCUT2D eigenvalue weighted by Crippen LogP contribution is 2.14. The van der Waals surface area contributed by atoms with Crippen LogP contribution >= 0.6 is 0 Å². The van der Waals surface area contributed by atoms with Gasteiger partial charge in [0.15, 0.2) is 0 Å². The van der Waals surface area contributed by atoms with E-state index in [1.165, 1.54) is 6.33 Å². The first-order valence-corrected chi connectivity index (χ1v) is 6.77. The molecule has 0 spiro atoms. The van der Waals surface area contributed by atoms with Crippen LogP contribution in [0.2, 0.25) is 0 Å². The van der Waals surface area contributed by atoms with E-state index in [4.69, 9.17) is 0 Å². The number of aryl methyl sites for hydroxylation is 2.